The van der Waals surface area contributed by atoms with Crippen LogP contribution in [0.5, 0.6) is 0 Å². The van der Waals surface area contributed by atoms with E-state index >= 15 is 0 Å². The number of benzene rings is 1. The lowest BCUT2D eigenvalue weighted by atomic mass is 10.1. The molecule has 2 heterocycles. The molecule has 0 unspecified atom stereocenters. The number of nitrogens with two attached hydrogens (primary N) is 1. The van der Waals surface area contributed by atoms with Crippen LogP contribution in [-0.4, -0.2) is 10.9 Å². The molecule has 3 aromatic rings. The van der Waals surface area contributed by atoms with Crippen molar-refractivity contribution in [3.63, 3.8) is 0 Å². The van der Waals surface area contributed by atoms with Gasteiger partial charge < -0.3 is 11.1 Å². The summed E-state index contributed by atoms with van der Waals surface area (Å²) in [6, 6.07) is 4.84. The van der Waals surface area contributed by atoms with Crippen LogP contribution in [-0.2, 0) is 0 Å². The molecular weight excluding hydrogens is 389 g/mol. The van der Waals surface area contributed by atoms with E-state index in [-0.39, 0.29) is 5.91 Å². The van der Waals surface area contributed by atoms with Gasteiger partial charge >= 0.3 is 0 Å². The van der Waals surface area contributed by atoms with E-state index in [1.807, 2.05) is 13.8 Å². The molecule has 8 heteroatoms. The summed E-state index contributed by atoms with van der Waals surface area (Å²) >= 11 is 19.5. The summed E-state index contributed by atoms with van der Waals surface area (Å²) in [4.78, 5) is 18.1. The third-order valence-electron chi connectivity index (χ3n) is 3.60. The summed E-state index contributed by atoms with van der Waals surface area (Å²) in [5, 5.41) is 4.85. The molecule has 0 spiro atoms. The van der Waals surface area contributed by atoms with E-state index in [9.17, 15) is 4.79 Å². The van der Waals surface area contributed by atoms with Gasteiger partial charge in [0, 0.05) is 10.4 Å². The molecule has 0 aliphatic carbocycles. The van der Waals surface area contributed by atoms with Crippen LogP contribution in [0.1, 0.15) is 20.9 Å². The number of hydrogen-bond donors (Lipinski definition) is 2. The second-order valence-corrected chi connectivity index (χ2v) is 7.46. The smallest absolute Gasteiger partial charge is 0.267 e. The van der Waals surface area contributed by atoms with Crippen LogP contribution >= 0.6 is 46.1 Å². The first-order valence-corrected chi connectivity index (χ1v) is 8.85. The number of thiophene rings is 1. The summed E-state index contributed by atoms with van der Waals surface area (Å²) < 4.78 is 0. The highest BCUT2D eigenvalue weighted by molar-refractivity contribution is 7.21. The van der Waals surface area contributed by atoms with E-state index in [0.29, 0.717) is 47.2 Å². The number of nitrogen functional groups attached to an aromatic ring is 1. The highest BCUT2D eigenvalue weighted by Gasteiger charge is 2.21. The number of carbonyl (C=O) groups excluding carboxylic acids is 1. The Balaban J connectivity index is 2.06. The van der Waals surface area contributed by atoms with E-state index in [4.69, 9.17) is 40.5 Å². The number of anilines is 2. The highest BCUT2D eigenvalue weighted by Crippen LogP contribution is 2.38. The Hall–Kier alpha value is -1.53. The molecule has 1 amide bonds. The van der Waals surface area contributed by atoms with Crippen LogP contribution in [0.2, 0.25) is 15.1 Å². The largest absolute Gasteiger partial charge is 0.397 e. The maximum Gasteiger partial charge on any atom is 0.267 e. The molecule has 0 saturated carbocycles. The van der Waals surface area contributed by atoms with E-state index in [2.05, 4.69) is 10.3 Å². The fourth-order valence-corrected chi connectivity index (χ4v) is 3.97. The molecule has 0 atom stereocenters. The van der Waals surface area contributed by atoms with Crippen LogP contribution in [0.4, 0.5) is 11.4 Å². The van der Waals surface area contributed by atoms with Crippen molar-refractivity contribution < 1.29 is 4.79 Å². The molecule has 0 fully saturated rings. The number of halogens is 3. The van der Waals surface area contributed by atoms with Crippen molar-refractivity contribution in [3.05, 3.63) is 49.4 Å². The normalized spacial score (nSPS) is 11.0. The van der Waals surface area contributed by atoms with E-state index in [1.54, 1.807) is 18.2 Å². The molecule has 0 aliphatic rings. The monoisotopic (exact) mass is 399 g/mol. The Morgan fingerprint density at radius 2 is 1.96 bits per heavy atom. The molecular formula is C16H12Cl3N3OS. The van der Waals surface area contributed by atoms with E-state index < -0.39 is 0 Å². The summed E-state index contributed by atoms with van der Waals surface area (Å²) in [5.74, 6) is -0.368. The molecule has 2 aromatic heterocycles. The third-order valence-corrected chi connectivity index (χ3v) is 5.82. The molecule has 3 N–H and O–H groups in total. The Morgan fingerprint density at radius 3 is 2.67 bits per heavy atom. The minimum atomic E-state index is -0.368. The number of pyridine rings is 1. The number of fused-ring (bicyclic) bond motifs is 1. The number of nitrogens with one attached hydrogen (secondary N) is 1. The first-order chi connectivity index (χ1) is 11.3. The SMILES string of the molecule is Cc1nc2sc(C(=O)Nc3cc(Cl)ccc3Cl)c(N)c2c(C)c1Cl. The summed E-state index contributed by atoms with van der Waals surface area (Å²) in [7, 11) is 0. The molecule has 24 heavy (non-hydrogen) atoms. The number of aromatic nitrogens is 1. The van der Waals surface area contributed by atoms with Crippen molar-refractivity contribution in [2.24, 2.45) is 0 Å². The molecule has 1 aromatic carbocycles. The number of aryl methyl sites for hydroxylation is 2. The maximum atomic E-state index is 12.6. The molecule has 124 valence electrons. The van der Waals surface area contributed by atoms with Crippen LogP contribution in [0, 0.1) is 13.8 Å². The average molecular weight is 401 g/mol. The van der Waals surface area contributed by atoms with Gasteiger partial charge in [0.25, 0.3) is 5.91 Å². The van der Waals surface area contributed by atoms with Crippen LogP contribution < -0.4 is 11.1 Å². The summed E-state index contributed by atoms with van der Waals surface area (Å²) in [6.07, 6.45) is 0. The first kappa shape index (κ1) is 17.3. The Labute approximate surface area is 157 Å². The molecule has 0 radical (unpaired) electrons. The number of rotatable bonds is 2. The van der Waals surface area contributed by atoms with Crippen molar-refractivity contribution in [3.8, 4) is 0 Å². The standard InChI is InChI=1S/C16H12Cl3N3OS/c1-6-11-13(20)14(24-16(11)21-7(2)12(6)19)15(23)22-10-5-8(17)3-4-9(10)18/h3-5H,20H2,1-2H3,(H,22,23). The Morgan fingerprint density at radius 1 is 1.25 bits per heavy atom. The molecule has 4 nitrogen and oxygen atoms in total. The second kappa shape index (κ2) is 6.41. The Bertz CT molecular complexity index is 985. The predicted octanol–water partition coefficient (Wildman–Crippen LogP) is 5.71. The number of carbonyl (C=O) groups is 1. The van der Waals surface area contributed by atoms with Crippen LogP contribution in [0.25, 0.3) is 10.2 Å². The topological polar surface area (TPSA) is 68.0 Å². The number of hydrogen-bond acceptors (Lipinski definition) is 4. The molecule has 3 rings (SSSR count). The van der Waals surface area contributed by atoms with Crippen molar-refractivity contribution in [2.45, 2.75) is 13.8 Å². The van der Waals surface area contributed by atoms with Gasteiger partial charge in [0.2, 0.25) is 0 Å². The minimum absolute atomic E-state index is 0.359. The fourth-order valence-electron chi connectivity index (χ4n) is 2.40. The van der Waals surface area contributed by atoms with Gasteiger partial charge in [-0.3, -0.25) is 4.79 Å². The van der Waals surface area contributed by atoms with Gasteiger partial charge in [-0.05, 0) is 37.6 Å². The van der Waals surface area contributed by atoms with Gasteiger partial charge in [-0.2, -0.15) is 0 Å². The zero-order valence-electron chi connectivity index (χ0n) is 12.7. The zero-order chi connectivity index (χ0) is 17.6. The molecule has 0 saturated heterocycles. The fraction of sp³-hybridized carbons (Fsp3) is 0.125. The average Bonchev–Trinajstić information content (AvgIpc) is 2.85. The van der Waals surface area contributed by atoms with Crippen LogP contribution in [0.15, 0.2) is 18.2 Å². The lowest BCUT2D eigenvalue weighted by molar-refractivity contribution is 0.103. The zero-order valence-corrected chi connectivity index (χ0v) is 15.8. The van der Waals surface area contributed by atoms with Gasteiger partial charge in [0.15, 0.2) is 0 Å². The molecule has 0 aliphatic heterocycles. The van der Waals surface area contributed by atoms with Crippen molar-refractivity contribution >= 4 is 73.6 Å². The maximum absolute atomic E-state index is 12.6. The van der Waals surface area contributed by atoms with Gasteiger partial charge in [-0.15, -0.1) is 11.3 Å². The third kappa shape index (κ3) is 2.93. The van der Waals surface area contributed by atoms with Gasteiger partial charge in [0.05, 0.1) is 27.1 Å². The second-order valence-electron chi connectivity index (χ2n) is 5.24. The van der Waals surface area contributed by atoms with Gasteiger partial charge in [-0.1, -0.05) is 34.8 Å². The van der Waals surface area contributed by atoms with Crippen LogP contribution in [0.3, 0.4) is 0 Å². The van der Waals surface area contributed by atoms with Crippen molar-refractivity contribution in [1.29, 1.82) is 0 Å². The quantitative estimate of drug-likeness (QED) is 0.579. The Kier molecular flexibility index (Phi) is 4.62. The number of amides is 1. The van der Waals surface area contributed by atoms with E-state index in [0.717, 1.165) is 5.56 Å². The van der Waals surface area contributed by atoms with Crippen molar-refractivity contribution in [1.82, 2.24) is 4.98 Å². The first-order valence-electron chi connectivity index (χ1n) is 6.90. The minimum Gasteiger partial charge on any atom is -0.397 e. The number of nitrogens with zero attached hydrogens (tertiary/aromatic N) is 1. The summed E-state index contributed by atoms with van der Waals surface area (Å²) in [5.41, 5.74) is 8.47. The lowest BCUT2D eigenvalue weighted by Crippen LogP contribution is -2.12. The molecule has 0 bridgehead atoms. The van der Waals surface area contributed by atoms with Gasteiger partial charge in [-0.25, -0.2) is 4.98 Å². The highest BCUT2D eigenvalue weighted by atomic mass is 35.5. The van der Waals surface area contributed by atoms with Crippen molar-refractivity contribution in [2.75, 3.05) is 11.1 Å². The lowest BCUT2D eigenvalue weighted by Gasteiger charge is -2.07. The predicted molar refractivity (Wildman–Crippen MR) is 103 cm³/mol. The summed E-state index contributed by atoms with van der Waals surface area (Å²) in [6.45, 7) is 3.67. The van der Waals surface area contributed by atoms with Gasteiger partial charge in [0.1, 0.15) is 9.71 Å². The van der Waals surface area contributed by atoms with E-state index in [1.165, 1.54) is 11.3 Å².